The molecular weight excluding hydrogens is 525 g/mol. The van der Waals surface area contributed by atoms with Crippen molar-refractivity contribution in [1.29, 1.82) is 0 Å². The van der Waals surface area contributed by atoms with Crippen LogP contribution in [0.4, 0.5) is 0 Å². The summed E-state index contributed by atoms with van der Waals surface area (Å²) in [6.07, 6.45) is 14.4. The largest absolute Gasteiger partial charge is 0.417 e. The van der Waals surface area contributed by atoms with Crippen LogP contribution in [0.1, 0.15) is 113 Å². The molecule has 3 fully saturated rings. The van der Waals surface area contributed by atoms with E-state index in [2.05, 4.69) is 87.7 Å². The summed E-state index contributed by atoms with van der Waals surface area (Å²) < 4.78 is 13.8. The Morgan fingerprint density at radius 3 is 2.15 bits per heavy atom. The maximum absolute atomic E-state index is 10.1. The molecule has 3 nitrogen and oxygen atoms in total. The molecule has 0 aromatic carbocycles. The molecule has 4 aliphatic carbocycles. The van der Waals surface area contributed by atoms with E-state index < -0.39 is 16.6 Å². The number of allylic oxidation sites excluding steroid dienone is 1. The average Bonchev–Trinajstić information content (AvgIpc) is 3.17. The molecule has 40 heavy (non-hydrogen) atoms. The lowest BCUT2D eigenvalue weighted by Gasteiger charge is -2.59. The van der Waals surface area contributed by atoms with E-state index in [-0.39, 0.29) is 16.7 Å². The highest BCUT2D eigenvalue weighted by atomic mass is 28.4. The van der Waals surface area contributed by atoms with Gasteiger partial charge in [0.25, 0.3) is 0 Å². The van der Waals surface area contributed by atoms with Crippen LogP contribution in [0.5, 0.6) is 0 Å². The van der Waals surface area contributed by atoms with E-state index in [0.717, 1.165) is 30.8 Å². The van der Waals surface area contributed by atoms with E-state index in [4.69, 9.17) is 8.85 Å². The van der Waals surface area contributed by atoms with Crippen LogP contribution in [-0.2, 0) is 8.85 Å². The molecule has 8 atom stereocenters. The lowest BCUT2D eigenvalue weighted by molar-refractivity contribution is -0.0620. The Balaban J connectivity index is 1.49. The Hall–Kier alpha value is 0.0538. The minimum Gasteiger partial charge on any atom is -0.417 e. The standard InChI is InChI=1S/C35H66O3Si2/c1-32(2,3)39(9,10)37-24-25(19-22-36)29-15-16-30-28-14-13-26-23-27(38-40(11,12)33(4,5)6)17-20-34(26,7)31(28)18-21-35(29,30)8/h13,25,27-31,36H,14-24H2,1-12H3/t25-,27-,28-,29+,30-,31-,34-,35+/m0/s1. The Bertz CT molecular complexity index is 928. The molecule has 0 saturated heterocycles. The summed E-state index contributed by atoms with van der Waals surface area (Å²) in [5, 5.41) is 10.6. The second kappa shape index (κ2) is 11.2. The number of rotatable bonds is 8. The SMILES string of the molecule is CC(C)(C)[Si](C)(C)OC[C@H](CCO)[C@H]1CC[C@H]2[C@@H]3CC=C4C[C@@H](O[Si](C)(C)C(C)(C)C)CC[C@]4(C)[C@H]3CC[C@]12C. The van der Waals surface area contributed by atoms with Crippen molar-refractivity contribution in [2.75, 3.05) is 13.2 Å². The first-order valence-electron chi connectivity index (χ1n) is 16.9. The molecule has 0 radical (unpaired) electrons. The first kappa shape index (κ1) is 33.0. The van der Waals surface area contributed by atoms with Crippen LogP contribution in [0.25, 0.3) is 0 Å². The van der Waals surface area contributed by atoms with Gasteiger partial charge in [0, 0.05) is 19.3 Å². The van der Waals surface area contributed by atoms with Gasteiger partial charge in [0.05, 0.1) is 0 Å². The summed E-state index contributed by atoms with van der Waals surface area (Å²) in [7, 11) is -3.54. The van der Waals surface area contributed by atoms with Crippen LogP contribution < -0.4 is 0 Å². The second-order valence-electron chi connectivity index (χ2n) is 18.1. The number of aliphatic hydroxyl groups excluding tert-OH is 1. The zero-order valence-corrected chi connectivity index (χ0v) is 30.6. The second-order valence-corrected chi connectivity index (χ2v) is 27.6. The van der Waals surface area contributed by atoms with Gasteiger partial charge in [-0.1, -0.05) is 67.0 Å². The van der Waals surface area contributed by atoms with Gasteiger partial charge in [-0.25, -0.2) is 0 Å². The molecule has 0 aromatic heterocycles. The first-order chi connectivity index (χ1) is 18.3. The maximum atomic E-state index is 10.1. The predicted molar refractivity (Wildman–Crippen MR) is 176 cm³/mol. The van der Waals surface area contributed by atoms with Crippen LogP contribution in [0, 0.1) is 40.4 Å². The van der Waals surface area contributed by atoms with Crippen LogP contribution in [0.2, 0.25) is 36.3 Å². The molecule has 3 saturated carbocycles. The van der Waals surface area contributed by atoms with Crippen molar-refractivity contribution in [3.8, 4) is 0 Å². The molecule has 4 rings (SSSR count). The fourth-order valence-corrected chi connectivity index (χ4v) is 11.7. The third-order valence-corrected chi connectivity index (χ3v) is 23.0. The molecule has 0 amide bonds. The monoisotopic (exact) mass is 590 g/mol. The van der Waals surface area contributed by atoms with Crippen molar-refractivity contribution in [2.24, 2.45) is 40.4 Å². The molecule has 0 bridgehead atoms. The summed E-state index contributed by atoms with van der Waals surface area (Å²) in [5.74, 6) is 3.65. The average molecular weight is 591 g/mol. The van der Waals surface area contributed by atoms with Crippen LogP contribution in [0.3, 0.4) is 0 Å². The van der Waals surface area contributed by atoms with E-state index >= 15 is 0 Å². The highest BCUT2D eigenvalue weighted by molar-refractivity contribution is 6.74. The topological polar surface area (TPSA) is 38.7 Å². The van der Waals surface area contributed by atoms with Gasteiger partial charge in [0.15, 0.2) is 16.6 Å². The predicted octanol–water partition coefficient (Wildman–Crippen LogP) is 9.98. The fourth-order valence-electron chi connectivity index (χ4n) is 9.23. The Kier molecular flexibility index (Phi) is 9.23. The van der Waals surface area contributed by atoms with Crippen molar-refractivity contribution < 1.29 is 14.0 Å². The summed E-state index contributed by atoms with van der Waals surface area (Å²) in [5.41, 5.74) is 2.50. The van der Waals surface area contributed by atoms with Gasteiger partial charge in [-0.15, -0.1) is 0 Å². The number of fused-ring (bicyclic) bond motifs is 5. The van der Waals surface area contributed by atoms with Gasteiger partial charge in [0.2, 0.25) is 0 Å². The number of hydrogen-bond donors (Lipinski definition) is 1. The Morgan fingerprint density at radius 1 is 0.900 bits per heavy atom. The van der Waals surface area contributed by atoms with Gasteiger partial charge < -0.3 is 14.0 Å². The quantitative estimate of drug-likeness (QED) is 0.226. The van der Waals surface area contributed by atoms with E-state index in [0.29, 0.717) is 28.8 Å². The van der Waals surface area contributed by atoms with Gasteiger partial charge in [-0.3, -0.25) is 0 Å². The summed E-state index contributed by atoms with van der Waals surface area (Å²) >= 11 is 0. The van der Waals surface area contributed by atoms with E-state index in [9.17, 15) is 5.11 Å². The molecule has 4 aliphatic rings. The third kappa shape index (κ3) is 5.91. The van der Waals surface area contributed by atoms with Crippen molar-refractivity contribution in [1.82, 2.24) is 0 Å². The normalized spacial score (nSPS) is 37.8. The van der Waals surface area contributed by atoms with E-state index in [1.165, 1.54) is 51.4 Å². The summed E-state index contributed by atoms with van der Waals surface area (Å²) in [4.78, 5) is 0. The lowest BCUT2D eigenvalue weighted by atomic mass is 9.47. The lowest BCUT2D eigenvalue weighted by Crippen LogP contribution is -2.52. The molecular formula is C35H66O3Si2. The fraction of sp³-hybridized carbons (Fsp3) is 0.943. The highest BCUT2D eigenvalue weighted by Gasteiger charge is 2.60. The van der Waals surface area contributed by atoms with Crippen LogP contribution >= 0.6 is 0 Å². The molecule has 0 unspecified atom stereocenters. The first-order valence-corrected chi connectivity index (χ1v) is 22.7. The minimum absolute atomic E-state index is 0.229. The highest BCUT2D eigenvalue weighted by Crippen LogP contribution is 2.67. The molecule has 0 aliphatic heterocycles. The van der Waals surface area contributed by atoms with Gasteiger partial charge in [0.1, 0.15) is 0 Å². The molecule has 5 heteroatoms. The number of hydrogen-bond acceptors (Lipinski definition) is 3. The minimum atomic E-state index is -1.80. The summed E-state index contributed by atoms with van der Waals surface area (Å²) in [6.45, 7) is 30.2. The molecule has 0 aromatic rings. The molecule has 0 spiro atoms. The van der Waals surface area contributed by atoms with Crippen LogP contribution in [0.15, 0.2) is 11.6 Å². The smallest absolute Gasteiger partial charge is 0.192 e. The zero-order chi connectivity index (χ0) is 29.9. The zero-order valence-electron chi connectivity index (χ0n) is 28.6. The third-order valence-electron chi connectivity index (χ3n) is 13.9. The maximum Gasteiger partial charge on any atom is 0.192 e. The van der Waals surface area contributed by atoms with Crippen molar-refractivity contribution >= 4 is 16.6 Å². The van der Waals surface area contributed by atoms with Crippen molar-refractivity contribution in [3.05, 3.63) is 11.6 Å². The number of aliphatic hydroxyl groups is 1. The summed E-state index contributed by atoms with van der Waals surface area (Å²) in [6, 6.07) is 0. The van der Waals surface area contributed by atoms with Crippen molar-refractivity contribution in [3.63, 3.8) is 0 Å². The van der Waals surface area contributed by atoms with Gasteiger partial charge in [-0.2, -0.15) is 0 Å². The van der Waals surface area contributed by atoms with E-state index in [1.54, 1.807) is 5.57 Å². The van der Waals surface area contributed by atoms with Crippen molar-refractivity contribution in [2.45, 2.75) is 156 Å². The van der Waals surface area contributed by atoms with Gasteiger partial charge >= 0.3 is 0 Å². The molecule has 232 valence electrons. The molecule has 1 N–H and O–H groups in total. The van der Waals surface area contributed by atoms with Crippen LogP contribution in [-0.4, -0.2) is 41.1 Å². The van der Waals surface area contributed by atoms with E-state index in [1.807, 2.05) is 0 Å². The Morgan fingerprint density at radius 2 is 1.55 bits per heavy atom. The molecule has 0 heterocycles. The Labute approximate surface area is 250 Å². The van der Waals surface area contributed by atoms with Gasteiger partial charge in [-0.05, 0) is 134 Å².